The maximum absolute atomic E-state index is 11.2. The standard InChI is InChI=1S/C17H17BrO3S/c1-20-13-5-7-14(8-6-13)22-16-9-3-12(11-15(16)18)4-10-17(19)21-2/h3,5-9,11H,4,10H2,1-2H3. The normalized spacial score (nSPS) is 10.3. The second-order valence-corrected chi connectivity index (χ2v) is 6.59. The summed E-state index contributed by atoms with van der Waals surface area (Å²) < 4.78 is 10.8. The van der Waals surface area contributed by atoms with Crippen molar-refractivity contribution in [3.05, 3.63) is 52.5 Å². The average molecular weight is 381 g/mol. The van der Waals surface area contributed by atoms with Crippen LogP contribution in [0.2, 0.25) is 0 Å². The van der Waals surface area contributed by atoms with Gasteiger partial charge in [-0.1, -0.05) is 17.8 Å². The van der Waals surface area contributed by atoms with E-state index in [1.807, 2.05) is 30.3 Å². The first-order valence-corrected chi connectivity index (χ1v) is 8.40. The number of esters is 1. The van der Waals surface area contributed by atoms with Gasteiger partial charge in [-0.25, -0.2) is 0 Å². The number of rotatable bonds is 6. The Kier molecular flexibility index (Phi) is 6.34. The highest BCUT2D eigenvalue weighted by Crippen LogP contribution is 2.34. The van der Waals surface area contributed by atoms with E-state index in [9.17, 15) is 4.79 Å². The Morgan fingerprint density at radius 2 is 1.86 bits per heavy atom. The van der Waals surface area contributed by atoms with E-state index in [2.05, 4.69) is 32.8 Å². The molecule has 0 N–H and O–H groups in total. The number of hydrogen-bond acceptors (Lipinski definition) is 4. The minimum Gasteiger partial charge on any atom is -0.497 e. The lowest BCUT2D eigenvalue weighted by Crippen LogP contribution is -2.01. The van der Waals surface area contributed by atoms with Crippen molar-refractivity contribution in [1.82, 2.24) is 0 Å². The molecule has 2 aromatic carbocycles. The zero-order chi connectivity index (χ0) is 15.9. The van der Waals surface area contributed by atoms with Crippen LogP contribution in [0.5, 0.6) is 5.75 Å². The van der Waals surface area contributed by atoms with Crippen molar-refractivity contribution in [2.45, 2.75) is 22.6 Å². The van der Waals surface area contributed by atoms with Crippen LogP contribution in [0.15, 0.2) is 56.7 Å². The van der Waals surface area contributed by atoms with Crippen LogP contribution in [-0.4, -0.2) is 20.2 Å². The van der Waals surface area contributed by atoms with Crippen molar-refractivity contribution < 1.29 is 14.3 Å². The minimum atomic E-state index is -0.187. The lowest BCUT2D eigenvalue weighted by atomic mass is 10.1. The Morgan fingerprint density at radius 1 is 1.14 bits per heavy atom. The molecule has 0 bridgehead atoms. The molecule has 0 aliphatic heterocycles. The molecule has 0 aliphatic rings. The third-order valence-electron chi connectivity index (χ3n) is 3.13. The van der Waals surface area contributed by atoms with Crippen LogP contribution >= 0.6 is 27.7 Å². The Labute approximate surface area is 143 Å². The van der Waals surface area contributed by atoms with E-state index in [-0.39, 0.29) is 5.97 Å². The van der Waals surface area contributed by atoms with Gasteiger partial charge in [0.25, 0.3) is 0 Å². The van der Waals surface area contributed by atoms with Crippen molar-refractivity contribution in [3.8, 4) is 5.75 Å². The highest BCUT2D eigenvalue weighted by Gasteiger charge is 2.06. The number of ether oxygens (including phenoxy) is 2. The molecule has 0 unspecified atom stereocenters. The van der Waals surface area contributed by atoms with Crippen molar-refractivity contribution in [3.63, 3.8) is 0 Å². The van der Waals surface area contributed by atoms with Crippen molar-refractivity contribution >= 4 is 33.7 Å². The summed E-state index contributed by atoms with van der Waals surface area (Å²) in [7, 11) is 3.07. The number of aryl methyl sites for hydroxylation is 1. The van der Waals surface area contributed by atoms with E-state index >= 15 is 0 Å². The lowest BCUT2D eigenvalue weighted by molar-refractivity contribution is -0.140. The third kappa shape index (κ3) is 4.78. The molecule has 116 valence electrons. The zero-order valence-corrected chi connectivity index (χ0v) is 14.9. The molecule has 0 spiro atoms. The Bertz CT molecular complexity index is 641. The van der Waals surface area contributed by atoms with Crippen LogP contribution in [0.25, 0.3) is 0 Å². The quantitative estimate of drug-likeness (QED) is 0.679. The van der Waals surface area contributed by atoms with Crippen LogP contribution in [0.3, 0.4) is 0 Å². The van der Waals surface area contributed by atoms with E-state index in [4.69, 9.17) is 4.74 Å². The molecular weight excluding hydrogens is 364 g/mol. The molecule has 0 fully saturated rings. The Balaban J connectivity index is 2.03. The van der Waals surface area contributed by atoms with Gasteiger partial charge in [-0.3, -0.25) is 4.79 Å². The number of methoxy groups -OCH3 is 2. The number of benzene rings is 2. The van der Waals surface area contributed by atoms with Crippen LogP contribution in [-0.2, 0) is 16.0 Å². The van der Waals surface area contributed by atoms with E-state index < -0.39 is 0 Å². The number of hydrogen-bond donors (Lipinski definition) is 0. The second-order valence-electron chi connectivity index (χ2n) is 4.62. The summed E-state index contributed by atoms with van der Waals surface area (Å²) in [6.07, 6.45) is 1.08. The first kappa shape index (κ1) is 16.9. The first-order chi connectivity index (χ1) is 10.6. The van der Waals surface area contributed by atoms with Crippen LogP contribution in [0.4, 0.5) is 0 Å². The molecule has 5 heteroatoms. The molecule has 0 atom stereocenters. The predicted octanol–water partition coefficient (Wildman–Crippen LogP) is 4.71. The molecule has 0 aliphatic carbocycles. The van der Waals surface area contributed by atoms with Gasteiger partial charge in [0.1, 0.15) is 5.75 Å². The summed E-state index contributed by atoms with van der Waals surface area (Å²) >= 11 is 5.27. The van der Waals surface area contributed by atoms with E-state index in [0.717, 1.165) is 25.6 Å². The molecule has 22 heavy (non-hydrogen) atoms. The number of carbonyl (C=O) groups is 1. The van der Waals surface area contributed by atoms with E-state index in [1.165, 1.54) is 7.11 Å². The van der Waals surface area contributed by atoms with Gasteiger partial charge < -0.3 is 9.47 Å². The second kappa shape index (κ2) is 8.25. The molecule has 3 nitrogen and oxygen atoms in total. The molecule has 2 aromatic rings. The highest BCUT2D eigenvalue weighted by atomic mass is 79.9. The van der Waals surface area contributed by atoms with Crippen LogP contribution in [0.1, 0.15) is 12.0 Å². The molecule has 0 heterocycles. The van der Waals surface area contributed by atoms with Crippen molar-refractivity contribution in [2.75, 3.05) is 14.2 Å². The van der Waals surface area contributed by atoms with Gasteiger partial charge in [0.05, 0.1) is 14.2 Å². The summed E-state index contributed by atoms with van der Waals surface area (Å²) in [5.74, 6) is 0.661. The van der Waals surface area contributed by atoms with Gasteiger partial charge in [-0.05, 0) is 64.3 Å². The lowest BCUT2D eigenvalue weighted by Gasteiger charge is -2.08. The van der Waals surface area contributed by atoms with E-state index in [1.54, 1.807) is 18.9 Å². The van der Waals surface area contributed by atoms with Gasteiger partial charge >= 0.3 is 5.97 Å². The molecule has 2 rings (SSSR count). The van der Waals surface area contributed by atoms with Crippen molar-refractivity contribution in [2.24, 2.45) is 0 Å². The molecule has 0 saturated heterocycles. The summed E-state index contributed by atoms with van der Waals surface area (Å²) in [5.41, 5.74) is 1.11. The average Bonchev–Trinajstić information content (AvgIpc) is 2.55. The fourth-order valence-corrected chi connectivity index (χ4v) is 3.39. The maximum Gasteiger partial charge on any atom is 0.305 e. The SMILES string of the molecule is COC(=O)CCc1ccc(Sc2ccc(OC)cc2)c(Br)c1. The predicted molar refractivity (Wildman–Crippen MR) is 91.6 cm³/mol. The zero-order valence-electron chi connectivity index (χ0n) is 12.5. The van der Waals surface area contributed by atoms with Gasteiger partial charge in [0, 0.05) is 20.7 Å². The summed E-state index contributed by atoms with van der Waals surface area (Å²) in [4.78, 5) is 13.5. The molecular formula is C17H17BrO3S. The number of halogens is 1. The first-order valence-electron chi connectivity index (χ1n) is 6.79. The topological polar surface area (TPSA) is 35.5 Å². The smallest absolute Gasteiger partial charge is 0.305 e. The third-order valence-corrected chi connectivity index (χ3v) is 5.13. The molecule has 0 aromatic heterocycles. The minimum absolute atomic E-state index is 0.187. The van der Waals surface area contributed by atoms with Gasteiger partial charge in [-0.2, -0.15) is 0 Å². The van der Waals surface area contributed by atoms with Gasteiger partial charge in [0.15, 0.2) is 0 Å². The largest absolute Gasteiger partial charge is 0.497 e. The Morgan fingerprint density at radius 3 is 2.45 bits per heavy atom. The van der Waals surface area contributed by atoms with Crippen LogP contribution in [0, 0.1) is 0 Å². The number of carbonyl (C=O) groups excluding carboxylic acids is 1. The fraction of sp³-hybridized carbons (Fsp3) is 0.235. The summed E-state index contributed by atoms with van der Waals surface area (Å²) in [5, 5.41) is 0. The molecule has 0 radical (unpaired) electrons. The van der Waals surface area contributed by atoms with Gasteiger partial charge in [-0.15, -0.1) is 0 Å². The van der Waals surface area contributed by atoms with Crippen molar-refractivity contribution in [1.29, 1.82) is 0 Å². The monoisotopic (exact) mass is 380 g/mol. The van der Waals surface area contributed by atoms with Gasteiger partial charge in [0.2, 0.25) is 0 Å². The van der Waals surface area contributed by atoms with E-state index in [0.29, 0.717) is 12.8 Å². The fourth-order valence-electron chi connectivity index (χ4n) is 1.90. The van der Waals surface area contributed by atoms with Crippen LogP contribution < -0.4 is 4.74 Å². The molecule has 0 saturated carbocycles. The Hall–Kier alpha value is -1.46. The molecule has 0 amide bonds. The summed E-state index contributed by atoms with van der Waals surface area (Å²) in [6.45, 7) is 0. The maximum atomic E-state index is 11.2. The summed E-state index contributed by atoms with van der Waals surface area (Å²) in [6, 6.07) is 14.1. The highest BCUT2D eigenvalue weighted by molar-refractivity contribution is 9.10.